The van der Waals surface area contributed by atoms with Crippen molar-refractivity contribution in [2.45, 2.75) is 6.42 Å². The van der Waals surface area contributed by atoms with Gasteiger partial charge in [-0.05, 0) is 50.0 Å². The molecule has 0 atom stereocenters. The van der Waals surface area contributed by atoms with E-state index in [1.54, 1.807) is 12.3 Å². The summed E-state index contributed by atoms with van der Waals surface area (Å²) in [5.74, 6) is 0.651. The molecular weight excluding hydrogens is 350 g/mol. The average molecular weight is 371 g/mol. The van der Waals surface area contributed by atoms with Gasteiger partial charge in [0, 0.05) is 23.9 Å². The second-order valence-electron chi connectivity index (χ2n) is 6.71. The molecule has 0 aliphatic rings. The number of anilines is 1. The summed E-state index contributed by atoms with van der Waals surface area (Å²) in [4.78, 5) is 22.6. The number of amides is 1. The molecule has 1 heterocycles. The van der Waals surface area contributed by atoms with Crippen LogP contribution in [0, 0.1) is 11.3 Å². The first-order valence-corrected chi connectivity index (χ1v) is 8.89. The first-order chi connectivity index (χ1) is 13.5. The largest absolute Gasteiger partial charge is 0.325 e. The zero-order valence-corrected chi connectivity index (χ0v) is 15.9. The van der Waals surface area contributed by atoms with E-state index in [-0.39, 0.29) is 5.91 Å². The number of nitriles is 1. The number of benzene rings is 2. The fourth-order valence-corrected chi connectivity index (χ4v) is 2.77. The molecule has 0 fully saturated rings. The van der Waals surface area contributed by atoms with Crippen LogP contribution in [0.4, 0.5) is 5.69 Å². The van der Waals surface area contributed by atoms with Crippen molar-refractivity contribution in [1.82, 2.24) is 14.9 Å². The predicted molar refractivity (Wildman–Crippen MR) is 109 cm³/mol. The summed E-state index contributed by atoms with van der Waals surface area (Å²) in [6.07, 6.45) is 2.31. The Labute approximate surface area is 164 Å². The molecule has 0 saturated heterocycles. The van der Waals surface area contributed by atoms with Crippen LogP contribution in [0.1, 0.15) is 17.0 Å². The lowest BCUT2D eigenvalue weighted by Gasteiger charge is -2.10. The molecule has 0 radical (unpaired) electrons. The fourth-order valence-electron chi connectivity index (χ4n) is 2.77. The van der Waals surface area contributed by atoms with Crippen LogP contribution in [-0.2, 0) is 11.2 Å². The van der Waals surface area contributed by atoms with Gasteiger partial charge in [0.15, 0.2) is 0 Å². The lowest BCUT2D eigenvalue weighted by molar-refractivity contribution is -0.116. The van der Waals surface area contributed by atoms with Crippen LogP contribution in [0.5, 0.6) is 0 Å². The summed E-state index contributed by atoms with van der Waals surface area (Å²) in [6.45, 7) is 0.343. The minimum Gasteiger partial charge on any atom is -0.325 e. The van der Waals surface area contributed by atoms with Crippen LogP contribution >= 0.6 is 0 Å². The molecule has 0 unspecified atom stereocenters. The first-order valence-electron chi connectivity index (χ1n) is 8.89. The number of hydrogen-bond acceptors (Lipinski definition) is 5. The SMILES string of the molecule is CN(C)CC(=O)Nc1ccc(Cc2nccc(-c3cccc(C#N)c3)n2)cc1. The molecule has 1 N–H and O–H groups in total. The van der Waals surface area contributed by atoms with Crippen molar-refractivity contribution in [3.05, 3.63) is 77.7 Å². The summed E-state index contributed by atoms with van der Waals surface area (Å²) in [5, 5.41) is 11.9. The zero-order valence-electron chi connectivity index (χ0n) is 15.9. The predicted octanol–water partition coefficient (Wildman–Crippen LogP) is 3.11. The highest BCUT2D eigenvalue weighted by Crippen LogP contribution is 2.19. The minimum absolute atomic E-state index is 0.0478. The van der Waals surface area contributed by atoms with E-state index in [0.29, 0.717) is 24.4 Å². The van der Waals surface area contributed by atoms with Crippen LogP contribution in [-0.4, -0.2) is 41.4 Å². The maximum Gasteiger partial charge on any atom is 0.238 e. The lowest BCUT2D eigenvalue weighted by atomic mass is 10.1. The number of aromatic nitrogens is 2. The third-order valence-electron chi connectivity index (χ3n) is 4.05. The van der Waals surface area contributed by atoms with Gasteiger partial charge in [0.25, 0.3) is 0 Å². The van der Waals surface area contributed by atoms with Crippen LogP contribution in [0.25, 0.3) is 11.3 Å². The molecule has 6 nitrogen and oxygen atoms in total. The van der Waals surface area contributed by atoms with E-state index in [1.165, 1.54) is 0 Å². The molecule has 3 aromatic rings. The van der Waals surface area contributed by atoms with E-state index in [1.807, 2.05) is 67.5 Å². The maximum absolute atomic E-state index is 11.8. The maximum atomic E-state index is 11.8. The van der Waals surface area contributed by atoms with Gasteiger partial charge in [0.05, 0.1) is 23.9 Å². The molecule has 28 heavy (non-hydrogen) atoms. The highest BCUT2D eigenvalue weighted by atomic mass is 16.2. The van der Waals surface area contributed by atoms with Crippen molar-refractivity contribution in [3.8, 4) is 17.3 Å². The van der Waals surface area contributed by atoms with Gasteiger partial charge in [-0.1, -0.05) is 24.3 Å². The zero-order chi connectivity index (χ0) is 19.9. The normalized spacial score (nSPS) is 10.5. The van der Waals surface area contributed by atoms with E-state index in [9.17, 15) is 4.79 Å². The molecule has 1 aromatic heterocycles. The fraction of sp³-hybridized carbons (Fsp3) is 0.182. The number of likely N-dealkylation sites (N-methyl/N-ethyl adjacent to an activating group) is 1. The topological polar surface area (TPSA) is 81.9 Å². The van der Waals surface area contributed by atoms with Gasteiger partial charge in [0.1, 0.15) is 5.82 Å². The second-order valence-corrected chi connectivity index (χ2v) is 6.71. The first kappa shape index (κ1) is 19.2. The van der Waals surface area contributed by atoms with Gasteiger partial charge < -0.3 is 10.2 Å². The van der Waals surface area contributed by atoms with Gasteiger partial charge in [-0.25, -0.2) is 9.97 Å². The average Bonchev–Trinajstić information content (AvgIpc) is 2.69. The Balaban J connectivity index is 1.70. The minimum atomic E-state index is -0.0478. The van der Waals surface area contributed by atoms with E-state index in [2.05, 4.69) is 21.4 Å². The summed E-state index contributed by atoms with van der Waals surface area (Å²) < 4.78 is 0. The molecule has 0 saturated carbocycles. The van der Waals surface area contributed by atoms with Crippen LogP contribution in [0.2, 0.25) is 0 Å². The Morgan fingerprint density at radius 2 is 1.93 bits per heavy atom. The smallest absolute Gasteiger partial charge is 0.238 e. The molecule has 2 aromatic carbocycles. The summed E-state index contributed by atoms with van der Waals surface area (Å²) in [6, 6.07) is 19.0. The van der Waals surface area contributed by atoms with Crippen LogP contribution in [0.3, 0.4) is 0 Å². The Morgan fingerprint density at radius 1 is 1.14 bits per heavy atom. The molecule has 0 bridgehead atoms. The van der Waals surface area contributed by atoms with Crippen molar-refractivity contribution < 1.29 is 4.79 Å². The second kappa shape index (κ2) is 8.89. The van der Waals surface area contributed by atoms with Crippen LogP contribution < -0.4 is 5.32 Å². The molecule has 0 spiro atoms. The van der Waals surface area contributed by atoms with Gasteiger partial charge in [-0.15, -0.1) is 0 Å². The van der Waals surface area contributed by atoms with Gasteiger partial charge in [0.2, 0.25) is 5.91 Å². The lowest BCUT2D eigenvalue weighted by Crippen LogP contribution is -2.27. The Hall–Kier alpha value is -3.56. The van der Waals surface area contributed by atoms with E-state index in [4.69, 9.17) is 5.26 Å². The molecular formula is C22H21N5O. The van der Waals surface area contributed by atoms with Gasteiger partial charge >= 0.3 is 0 Å². The highest BCUT2D eigenvalue weighted by molar-refractivity contribution is 5.92. The van der Waals surface area contributed by atoms with Crippen molar-refractivity contribution >= 4 is 11.6 Å². The summed E-state index contributed by atoms with van der Waals surface area (Å²) in [5.41, 5.74) is 4.09. The number of hydrogen-bond donors (Lipinski definition) is 1. The number of rotatable bonds is 6. The summed E-state index contributed by atoms with van der Waals surface area (Å²) in [7, 11) is 3.71. The molecule has 0 aliphatic carbocycles. The van der Waals surface area contributed by atoms with Crippen molar-refractivity contribution in [2.24, 2.45) is 0 Å². The molecule has 1 amide bonds. The molecule has 6 heteroatoms. The molecule has 140 valence electrons. The number of carbonyl (C=O) groups excluding carboxylic acids is 1. The Bertz CT molecular complexity index is 1010. The third-order valence-corrected chi connectivity index (χ3v) is 4.05. The number of carbonyl (C=O) groups is 1. The van der Waals surface area contributed by atoms with Gasteiger partial charge in [-0.2, -0.15) is 5.26 Å². The monoisotopic (exact) mass is 371 g/mol. The number of nitrogens with zero attached hydrogens (tertiary/aromatic N) is 4. The Morgan fingerprint density at radius 3 is 2.64 bits per heavy atom. The standard InChI is InChI=1S/C22H21N5O/c1-27(2)15-22(28)25-19-8-6-16(7-9-19)13-21-24-11-10-20(26-21)18-5-3-4-17(12-18)14-23/h3-12H,13,15H2,1-2H3,(H,25,28). The third kappa shape index (κ3) is 5.22. The number of nitrogens with one attached hydrogen (secondary N) is 1. The molecule has 0 aliphatic heterocycles. The molecule has 3 rings (SSSR count). The highest BCUT2D eigenvalue weighted by Gasteiger charge is 2.06. The van der Waals surface area contributed by atoms with Gasteiger partial charge in [-0.3, -0.25) is 4.79 Å². The van der Waals surface area contributed by atoms with Crippen molar-refractivity contribution in [2.75, 3.05) is 26.0 Å². The van der Waals surface area contributed by atoms with Crippen molar-refractivity contribution in [1.29, 1.82) is 5.26 Å². The quantitative estimate of drug-likeness (QED) is 0.720. The Kier molecular flexibility index (Phi) is 6.10. The van der Waals surface area contributed by atoms with E-state index in [0.717, 1.165) is 22.5 Å². The summed E-state index contributed by atoms with van der Waals surface area (Å²) >= 11 is 0. The van der Waals surface area contributed by atoms with E-state index >= 15 is 0 Å². The van der Waals surface area contributed by atoms with E-state index < -0.39 is 0 Å². The van der Waals surface area contributed by atoms with Crippen LogP contribution in [0.15, 0.2) is 60.8 Å². The van der Waals surface area contributed by atoms with Crippen molar-refractivity contribution in [3.63, 3.8) is 0 Å².